The Hall–Kier alpha value is -0.915. The molecule has 1 atom stereocenters. The first-order valence-corrected chi connectivity index (χ1v) is 9.45. The van der Waals surface area contributed by atoms with Gasteiger partial charge in [0.05, 0.1) is 11.2 Å². The van der Waals surface area contributed by atoms with Crippen molar-refractivity contribution in [2.24, 2.45) is 5.73 Å². The largest absolute Gasteiger partial charge is 0.525 e. The summed E-state index contributed by atoms with van der Waals surface area (Å²) in [7, 11) is -1.01. The number of rotatable bonds is 4. The number of likely N-dealkylation sites (tertiary alicyclic amines) is 1. The maximum Gasteiger partial charge on any atom is 0.525 e. The van der Waals surface area contributed by atoms with Crippen LogP contribution >= 0.6 is 11.6 Å². The van der Waals surface area contributed by atoms with Crippen LogP contribution in [0.4, 0.5) is 4.39 Å². The van der Waals surface area contributed by atoms with Crippen molar-refractivity contribution in [3.63, 3.8) is 0 Å². The van der Waals surface area contributed by atoms with Gasteiger partial charge in [-0.1, -0.05) is 23.7 Å². The van der Waals surface area contributed by atoms with E-state index in [1.54, 1.807) is 12.1 Å². The summed E-state index contributed by atoms with van der Waals surface area (Å²) < 4.78 is 27.4. The second kappa shape index (κ2) is 7.25. The monoisotopic (exact) mass is 380 g/mol. The maximum atomic E-state index is 15.5. The van der Waals surface area contributed by atoms with E-state index in [-0.39, 0.29) is 11.8 Å². The van der Waals surface area contributed by atoms with Crippen molar-refractivity contribution in [3.8, 4) is 0 Å². The molecule has 2 saturated heterocycles. The number of nitrogens with zero attached hydrogens (tertiary/aromatic N) is 1. The number of benzene rings is 1. The molecule has 0 aromatic heterocycles. The van der Waals surface area contributed by atoms with Crippen LogP contribution in [0.3, 0.4) is 0 Å². The molecule has 0 spiro atoms. The lowest BCUT2D eigenvalue weighted by atomic mass is 9.82. The van der Waals surface area contributed by atoms with Crippen molar-refractivity contribution < 1.29 is 13.7 Å². The Morgan fingerprint density at radius 1 is 1.23 bits per heavy atom. The molecule has 7 heteroatoms. The van der Waals surface area contributed by atoms with E-state index in [0.29, 0.717) is 17.1 Å². The minimum absolute atomic E-state index is 0.140. The molecule has 0 radical (unpaired) electrons. The van der Waals surface area contributed by atoms with Crippen LogP contribution < -0.4 is 5.73 Å². The van der Waals surface area contributed by atoms with E-state index in [4.69, 9.17) is 26.6 Å². The third kappa shape index (κ3) is 4.00. The third-order valence-corrected chi connectivity index (χ3v) is 5.88. The first-order valence-electron chi connectivity index (χ1n) is 9.07. The van der Waals surface area contributed by atoms with Crippen LogP contribution in [0.2, 0.25) is 5.02 Å². The molecule has 2 aliphatic rings. The van der Waals surface area contributed by atoms with Crippen LogP contribution in [-0.4, -0.2) is 48.9 Å². The van der Waals surface area contributed by atoms with Gasteiger partial charge in [-0.05, 0) is 51.8 Å². The molecule has 2 fully saturated rings. The fraction of sp³-hybridized carbons (Fsp3) is 0.579. The van der Waals surface area contributed by atoms with Gasteiger partial charge in [0.15, 0.2) is 0 Å². The second-order valence-electron chi connectivity index (χ2n) is 8.21. The van der Waals surface area contributed by atoms with E-state index in [0.717, 1.165) is 25.1 Å². The van der Waals surface area contributed by atoms with E-state index in [1.807, 2.05) is 39.8 Å². The normalized spacial score (nSPS) is 26.3. The zero-order chi connectivity index (χ0) is 19.1. The minimum atomic E-state index is -1.01. The molecule has 142 valence electrons. The van der Waals surface area contributed by atoms with E-state index >= 15 is 4.39 Å². The summed E-state index contributed by atoms with van der Waals surface area (Å²) in [5.41, 5.74) is 5.80. The highest BCUT2D eigenvalue weighted by Gasteiger charge is 2.53. The summed E-state index contributed by atoms with van der Waals surface area (Å²) in [4.78, 5) is 2.17. The molecular weight excluding hydrogens is 353 g/mol. The molecular formula is C19H27BClFN2O2. The Kier molecular flexibility index (Phi) is 5.53. The van der Waals surface area contributed by atoms with Crippen molar-refractivity contribution >= 4 is 24.3 Å². The number of hydrogen-bond donors (Lipinski definition) is 1. The van der Waals surface area contributed by atoms with Gasteiger partial charge in [0.25, 0.3) is 0 Å². The smallest absolute Gasteiger partial charge is 0.398 e. The predicted octanol–water partition coefficient (Wildman–Crippen LogP) is 3.69. The molecule has 2 heterocycles. The zero-order valence-electron chi connectivity index (χ0n) is 15.9. The summed E-state index contributed by atoms with van der Waals surface area (Å²) in [6.45, 7) is 9.75. The Balaban J connectivity index is 1.93. The number of hydrogen-bond acceptors (Lipinski definition) is 4. The highest BCUT2D eigenvalue weighted by Crippen LogP contribution is 2.40. The van der Waals surface area contributed by atoms with Gasteiger partial charge in [-0.25, -0.2) is 4.39 Å². The molecule has 2 N–H and O–H groups in total. The summed E-state index contributed by atoms with van der Waals surface area (Å²) in [5, 5.41) is 0.618. The number of halogens is 2. The molecule has 3 rings (SSSR count). The highest BCUT2D eigenvalue weighted by molar-refractivity contribution is 6.55. The van der Waals surface area contributed by atoms with Crippen LogP contribution in [-0.2, 0) is 9.31 Å². The Morgan fingerprint density at radius 3 is 2.31 bits per heavy atom. The summed E-state index contributed by atoms with van der Waals surface area (Å²) in [6, 6.07) is 7.34. The molecule has 0 aliphatic carbocycles. The highest BCUT2D eigenvalue weighted by atomic mass is 35.5. The van der Waals surface area contributed by atoms with Gasteiger partial charge in [-0.15, -0.1) is 0 Å². The van der Waals surface area contributed by atoms with Crippen LogP contribution in [0.25, 0.3) is 5.57 Å². The first kappa shape index (κ1) is 19.8. The fourth-order valence-electron chi connectivity index (χ4n) is 3.27. The molecule has 26 heavy (non-hydrogen) atoms. The maximum absolute atomic E-state index is 15.5. The Labute approximate surface area is 160 Å². The topological polar surface area (TPSA) is 47.7 Å². The van der Waals surface area contributed by atoms with Crippen molar-refractivity contribution in [1.29, 1.82) is 0 Å². The molecule has 0 bridgehead atoms. The SMILES string of the molecule is CC1(C)OB(C(F)=C(CN2CCC(N)C2)c2ccc(Cl)cc2)OC1(C)C. The van der Waals surface area contributed by atoms with Gasteiger partial charge in [0.2, 0.25) is 0 Å². The average molecular weight is 381 g/mol. The fourth-order valence-corrected chi connectivity index (χ4v) is 3.40. The van der Waals surface area contributed by atoms with E-state index in [2.05, 4.69) is 4.90 Å². The van der Waals surface area contributed by atoms with Crippen molar-refractivity contribution in [1.82, 2.24) is 4.90 Å². The van der Waals surface area contributed by atoms with Crippen LogP contribution in [0.15, 0.2) is 30.0 Å². The molecule has 1 aromatic carbocycles. The van der Waals surface area contributed by atoms with Gasteiger partial charge >= 0.3 is 7.12 Å². The predicted molar refractivity (Wildman–Crippen MR) is 105 cm³/mol. The van der Waals surface area contributed by atoms with E-state index in [9.17, 15) is 0 Å². The number of nitrogens with two attached hydrogens (primary N) is 1. The Morgan fingerprint density at radius 2 is 1.81 bits per heavy atom. The average Bonchev–Trinajstić information content (AvgIpc) is 3.05. The van der Waals surface area contributed by atoms with E-state index in [1.165, 1.54) is 0 Å². The van der Waals surface area contributed by atoms with Crippen LogP contribution in [0, 0.1) is 0 Å². The van der Waals surface area contributed by atoms with Crippen molar-refractivity contribution in [2.75, 3.05) is 19.6 Å². The molecule has 2 aliphatic heterocycles. The standard InChI is InChI=1S/C19H27BClFN2O2/c1-18(2)19(3,4)26-20(25-18)17(22)16(12-24-10-9-15(23)11-24)13-5-7-14(21)8-6-13/h5-8,15H,9-12,23H2,1-4H3. The molecule has 0 saturated carbocycles. The lowest BCUT2D eigenvalue weighted by molar-refractivity contribution is 0.00578. The van der Waals surface area contributed by atoms with Crippen molar-refractivity contribution in [2.45, 2.75) is 51.4 Å². The van der Waals surface area contributed by atoms with Crippen molar-refractivity contribution in [3.05, 3.63) is 40.6 Å². The lowest BCUT2D eigenvalue weighted by Gasteiger charge is -2.32. The van der Waals surface area contributed by atoms with Gasteiger partial charge in [0.1, 0.15) is 5.73 Å². The minimum Gasteiger partial charge on any atom is -0.398 e. The molecule has 1 unspecified atom stereocenters. The molecule has 0 amide bonds. The van der Waals surface area contributed by atoms with Gasteiger partial charge < -0.3 is 15.0 Å². The Bertz CT molecular complexity index is 677. The summed E-state index contributed by atoms with van der Waals surface area (Å²) in [5.74, 6) is 0. The first-order chi connectivity index (χ1) is 12.1. The molecule has 4 nitrogen and oxygen atoms in total. The second-order valence-corrected chi connectivity index (χ2v) is 8.64. The van der Waals surface area contributed by atoms with Gasteiger partial charge in [-0.2, -0.15) is 0 Å². The van der Waals surface area contributed by atoms with Crippen LogP contribution in [0.1, 0.15) is 39.7 Å². The van der Waals surface area contributed by atoms with E-state index < -0.39 is 18.3 Å². The summed E-state index contributed by atoms with van der Waals surface area (Å²) in [6.07, 6.45) is 0.923. The lowest BCUT2D eigenvalue weighted by Crippen LogP contribution is -2.41. The molecule has 1 aromatic rings. The zero-order valence-corrected chi connectivity index (χ0v) is 16.6. The van der Waals surface area contributed by atoms with Crippen LogP contribution in [0.5, 0.6) is 0 Å². The quantitative estimate of drug-likeness (QED) is 0.809. The third-order valence-electron chi connectivity index (χ3n) is 5.63. The summed E-state index contributed by atoms with van der Waals surface area (Å²) >= 11 is 6.00. The van der Waals surface area contributed by atoms with Gasteiger partial charge in [0, 0.05) is 36.3 Å². The van der Waals surface area contributed by atoms with Gasteiger partial charge in [-0.3, -0.25) is 4.90 Å².